The van der Waals surface area contributed by atoms with E-state index in [1.807, 2.05) is 37.3 Å². The SMILES string of the molecule is CC(CO)CNC(=O)c1occc1-c1ccccc1. The standard InChI is InChI=1S/C15H17NO3/c1-11(10-17)9-16-15(18)14-13(7-8-19-14)12-5-3-2-4-6-12/h2-8,11,17H,9-10H2,1H3,(H,16,18). The van der Waals surface area contributed by atoms with Crippen LogP contribution in [0.3, 0.4) is 0 Å². The van der Waals surface area contributed by atoms with E-state index in [9.17, 15) is 4.79 Å². The molecule has 4 nitrogen and oxygen atoms in total. The van der Waals surface area contributed by atoms with Gasteiger partial charge in [0.2, 0.25) is 0 Å². The molecule has 0 spiro atoms. The van der Waals surface area contributed by atoms with Crippen molar-refractivity contribution in [2.75, 3.05) is 13.2 Å². The number of amides is 1. The molecule has 0 aliphatic carbocycles. The van der Waals surface area contributed by atoms with Crippen molar-refractivity contribution in [3.8, 4) is 11.1 Å². The fourth-order valence-corrected chi connectivity index (χ4v) is 1.74. The Morgan fingerprint density at radius 3 is 2.74 bits per heavy atom. The minimum absolute atomic E-state index is 0.0269. The number of hydrogen-bond donors (Lipinski definition) is 2. The summed E-state index contributed by atoms with van der Waals surface area (Å²) >= 11 is 0. The fourth-order valence-electron chi connectivity index (χ4n) is 1.74. The van der Waals surface area contributed by atoms with Crippen molar-refractivity contribution in [3.63, 3.8) is 0 Å². The van der Waals surface area contributed by atoms with Gasteiger partial charge in [-0.05, 0) is 17.5 Å². The van der Waals surface area contributed by atoms with Crippen LogP contribution in [0.15, 0.2) is 47.1 Å². The van der Waals surface area contributed by atoms with E-state index in [4.69, 9.17) is 9.52 Å². The van der Waals surface area contributed by atoms with Crippen LogP contribution < -0.4 is 5.32 Å². The lowest BCUT2D eigenvalue weighted by Crippen LogP contribution is -2.29. The number of furan rings is 1. The number of rotatable bonds is 5. The smallest absolute Gasteiger partial charge is 0.287 e. The van der Waals surface area contributed by atoms with E-state index in [1.54, 1.807) is 6.07 Å². The summed E-state index contributed by atoms with van der Waals surface area (Å²) in [6, 6.07) is 11.4. The van der Waals surface area contributed by atoms with E-state index in [0.29, 0.717) is 12.3 Å². The van der Waals surface area contributed by atoms with Gasteiger partial charge in [-0.3, -0.25) is 4.79 Å². The van der Waals surface area contributed by atoms with Crippen LogP contribution in [-0.2, 0) is 0 Å². The quantitative estimate of drug-likeness (QED) is 0.866. The zero-order chi connectivity index (χ0) is 13.7. The van der Waals surface area contributed by atoms with Gasteiger partial charge in [0, 0.05) is 18.7 Å². The highest BCUT2D eigenvalue weighted by atomic mass is 16.3. The number of benzene rings is 1. The molecule has 0 aliphatic rings. The molecule has 0 saturated heterocycles. The van der Waals surface area contributed by atoms with Crippen LogP contribution in [0.2, 0.25) is 0 Å². The Labute approximate surface area is 112 Å². The van der Waals surface area contributed by atoms with Gasteiger partial charge in [-0.2, -0.15) is 0 Å². The Bertz CT molecular complexity index is 533. The van der Waals surface area contributed by atoms with Crippen molar-refractivity contribution < 1.29 is 14.3 Å². The maximum absolute atomic E-state index is 12.0. The lowest BCUT2D eigenvalue weighted by Gasteiger charge is -2.09. The third-order valence-electron chi connectivity index (χ3n) is 2.88. The Morgan fingerprint density at radius 1 is 1.32 bits per heavy atom. The second-order valence-corrected chi connectivity index (χ2v) is 4.53. The number of nitrogens with one attached hydrogen (secondary N) is 1. The lowest BCUT2D eigenvalue weighted by molar-refractivity contribution is 0.0915. The first-order valence-corrected chi connectivity index (χ1v) is 6.24. The van der Waals surface area contributed by atoms with Gasteiger partial charge in [0.25, 0.3) is 5.91 Å². The number of aliphatic hydroxyl groups excluding tert-OH is 1. The Hall–Kier alpha value is -2.07. The van der Waals surface area contributed by atoms with Crippen molar-refractivity contribution >= 4 is 5.91 Å². The van der Waals surface area contributed by atoms with Crippen LogP contribution in [-0.4, -0.2) is 24.2 Å². The number of carbonyl (C=O) groups is 1. The van der Waals surface area contributed by atoms with E-state index in [-0.39, 0.29) is 18.4 Å². The molecule has 100 valence electrons. The average molecular weight is 259 g/mol. The Balaban J connectivity index is 2.14. The van der Waals surface area contributed by atoms with Gasteiger partial charge in [-0.15, -0.1) is 0 Å². The molecule has 0 radical (unpaired) electrons. The average Bonchev–Trinajstić information content (AvgIpc) is 2.94. The van der Waals surface area contributed by atoms with E-state index >= 15 is 0 Å². The molecule has 4 heteroatoms. The zero-order valence-corrected chi connectivity index (χ0v) is 10.8. The molecule has 2 rings (SSSR count). The van der Waals surface area contributed by atoms with Gasteiger partial charge < -0.3 is 14.8 Å². The van der Waals surface area contributed by atoms with Crippen LogP contribution in [0.4, 0.5) is 0 Å². The number of aliphatic hydroxyl groups is 1. The maximum atomic E-state index is 12.0. The second kappa shape index (κ2) is 6.20. The third-order valence-corrected chi connectivity index (χ3v) is 2.88. The number of carbonyl (C=O) groups excluding carboxylic acids is 1. The van der Waals surface area contributed by atoms with Crippen molar-refractivity contribution in [3.05, 3.63) is 48.4 Å². The highest BCUT2D eigenvalue weighted by molar-refractivity contribution is 5.98. The topological polar surface area (TPSA) is 62.5 Å². The van der Waals surface area contributed by atoms with Gasteiger partial charge in [0.1, 0.15) is 0 Å². The largest absolute Gasteiger partial charge is 0.459 e. The van der Waals surface area contributed by atoms with Crippen LogP contribution in [0.25, 0.3) is 11.1 Å². The molecule has 0 fully saturated rings. The molecule has 1 atom stereocenters. The molecule has 2 N–H and O–H groups in total. The second-order valence-electron chi connectivity index (χ2n) is 4.53. The van der Waals surface area contributed by atoms with E-state index in [0.717, 1.165) is 11.1 Å². The fraction of sp³-hybridized carbons (Fsp3) is 0.267. The molecule has 1 heterocycles. The maximum Gasteiger partial charge on any atom is 0.287 e. The first-order chi connectivity index (χ1) is 9.22. The predicted molar refractivity (Wildman–Crippen MR) is 72.7 cm³/mol. The molecule has 1 unspecified atom stereocenters. The molecular formula is C15H17NO3. The normalized spacial score (nSPS) is 12.1. The van der Waals surface area contributed by atoms with Crippen LogP contribution in [0, 0.1) is 5.92 Å². The van der Waals surface area contributed by atoms with E-state index < -0.39 is 0 Å². The summed E-state index contributed by atoms with van der Waals surface area (Å²) in [5.74, 6) is 0.0691. The minimum Gasteiger partial charge on any atom is -0.459 e. The molecule has 0 bridgehead atoms. The Morgan fingerprint density at radius 2 is 2.05 bits per heavy atom. The van der Waals surface area contributed by atoms with E-state index in [1.165, 1.54) is 6.26 Å². The summed E-state index contributed by atoms with van der Waals surface area (Å²) in [4.78, 5) is 12.0. The zero-order valence-electron chi connectivity index (χ0n) is 10.8. The first-order valence-electron chi connectivity index (χ1n) is 6.24. The molecular weight excluding hydrogens is 242 g/mol. The summed E-state index contributed by atoms with van der Waals surface area (Å²) in [6.45, 7) is 2.33. The minimum atomic E-state index is -0.260. The molecule has 1 aromatic carbocycles. The summed E-state index contributed by atoms with van der Waals surface area (Å²) in [5.41, 5.74) is 1.71. The van der Waals surface area contributed by atoms with Gasteiger partial charge >= 0.3 is 0 Å². The molecule has 1 aromatic heterocycles. The monoisotopic (exact) mass is 259 g/mol. The summed E-state index contributed by atoms with van der Waals surface area (Å²) in [5, 5.41) is 11.7. The predicted octanol–water partition coefficient (Wildman–Crippen LogP) is 2.30. The van der Waals surface area contributed by atoms with Crippen molar-refractivity contribution in [2.45, 2.75) is 6.92 Å². The van der Waals surface area contributed by atoms with Gasteiger partial charge in [0.15, 0.2) is 5.76 Å². The highest BCUT2D eigenvalue weighted by Gasteiger charge is 2.16. The lowest BCUT2D eigenvalue weighted by atomic mass is 10.1. The number of hydrogen-bond acceptors (Lipinski definition) is 3. The summed E-state index contributed by atoms with van der Waals surface area (Å²) < 4.78 is 5.27. The first kappa shape index (κ1) is 13.4. The molecule has 1 amide bonds. The van der Waals surface area contributed by atoms with Crippen molar-refractivity contribution in [1.29, 1.82) is 0 Å². The summed E-state index contributed by atoms with van der Waals surface area (Å²) in [6.07, 6.45) is 1.51. The van der Waals surface area contributed by atoms with E-state index in [2.05, 4.69) is 5.32 Å². The summed E-state index contributed by atoms with van der Waals surface area (Å²) in [7, 11) is 0. The molecule has 0 aliphatic heterocycles. The molecule has 0 saturated carbocycles. The third kappa shape index (κ3) is 3.23. The van der Waals surface area contributed by atoms with Crippen LogP contribution in [0.5, 0.6) is 0 Å². The van der Waals surface area contributed by atoms with Crippen molar-refractivity contribution in [1.82, 2.24) is 5.32 Å². The Kier molecular flexibility index (Phi) is 4.36. The van der Waals surface area contributed by atoms with Crippen LogP contribution in [0.1, 0.15) is 17.5 Å². The van der Waals surface area contributed by atoms with Crippen molar-refractivity contribution in [2.24, 2.45) is 5.92 Å². The molecule has 19 heavy (non-hydrogen) atoms. The highest BCUT2D eigenvalue weighted by Crippen LogP contribution is 2.24. The van der Waals surface area contributed by atoms with Crippen LogP contribution >= 0.6 is 0 Å². The van der Waals surface area contributed by atoms with Gasteiger partial charge in [0.05, 0.1) is 6.26 Å². The van der Waals surface area contributed by atoms with Gasteiger partial charge in [-0.1, -0.05) is 37.3 Å². The van der Waals surface area contributed by atoms with Gasteiger partial charge in [-0.25, -0.2) is 0 Å². The molecule has 2 aromatic rings.